The lowest BCUT2D eigenvalue weighted by atomic mass is 9.78. The van der Waals surface area contributed by atoms with Gasteiger partial charge in [0, 0.05) is 30.4 Å². The molecule has 144 valence electrons. The average molecular weight is 387 g/mol. The molecule has 4 rings (SSSR count). The highest BCUT2D eigenvalue weighted by Gasteiger charge is 2.38. The predicted molar refractivity (Wildman–Crippen MR) is 107 cm³/mol. The molecule has 2 fully saturated rings. The molecule has 27 heavy (non-hydrogen) atoms. The Kier molecular flexibility index (Phi) is 4.99. The monoisotopic (exact) mass is 386 g/mol. The van der Waals surface area contributed by atoms with Crippen LogP contribution in [0.4, 0.5) is 0 Å². The Morgan fingerprint density at radius 3 is 2.52 bits per heavy atom. The van der Waals surface area contributed by atoms with E-state index in [1.807, 2.05) is 47.7 Å². The number of aryl methyl sites for hydroxylation is 1. The number of aromatic nitrogens is 2. The number of nitrogens with zero attached hydrogens (tertiary/aromatic N) is 3. The molecule has 1 spiro atoms. The summed E-state index contributed by atoms with van der Waals surface area (Å²) in [7, 11) is 0. The van der Waals surface area contributed by atoms with Crippen LogP contribution in [0.3, 0.4) is 0 Å². The second-order valence-electron chi connectivity index (χ2n) is 8.05. The number of halogens is 1. The van der Waals surface area contributed by atoms with Crippen molar-refractivity contribution in [2.75, 3.05) is 26.2 Å². The fourth-order valence-corrected chi connectivity index (χ4v) is 4.61. The number of hydrogen-bond donors (Lipinski definition) is 1. The van der Waals surface area contributed by atoms with Crippen molar-refractivity contribution in [3.8, 4) is 0 Å². The van der Waals surface area contributed by atoms with Crippen LogP contribution in [0.5, 0.6) is 0 Å². The molecule has 1 aromatic carbocycles. The molecule has 1 amide bonds. The highest BCUT2D eigenvalue weighted by molar-refractivity contribution is 6.30. The number of hydrogen-bond acceptors (Lipinski definition) is 3. The molecule has 0 radical (unpaired) electrons. The van der Waals surface area contributed by atoms with E-state index in [0.29, 0.717) is 12.0 Å². The van der Waals surface area contributed by atoms with Crippen molar-refractivity contribution in [1.29, 1.82) is 0 Å². The van der Waals surface area contributed by atoms with Crippen molar-refractivity contribution in [3.05, 3.63) is 51.8 Å². The molecule has 2 aromatic rings. The lowest BCUT2D eigenvalue weighted by Crippen LogP contribution is -2.44. The first-order valence-corrected chi connectivity index (χ1v) is 10.1. The van der Waals surface area contributed by atoms with Gasteiger partial charge < -0.3 is 10.2 Å². The lowest BCUT2D eigenvalue weighted by molar-refractivity contribution is 0.0606. The van der Waals surface area contributed by atoms with Gasteiger partial charge in [-0.3, -0.25) is 9.48 Å². The van der Waals surface area contributed by atoms with Gasteiger partial charge in [-0.2, -0.15) is 5.10 Å². The van der Waals surface area contributed by atoms with Crippen molar-refractivity contribution in [1.82, 2.24) is 20.0 Å². The Balaban J connectivity index is 1.49. The van der Waals surface area contributed by atoms with E-state index < -0.39 is 0 Å². The zero-order valence-corrected chi connectivity index (χ0v) is 16.9. The van der Waals surface area contributed by atoms with Crippen LogP contribution in [0.25, 0.3) is 0 Å². The van der Waals surface area contributed by atoms with Gasteiger partial charge in [-0.1, -0.05) is 23.7 Å². The van der Waals surface area contributed by atoms with E-state index in [1.165, 1.54) is 6.42 Å². The third kappa shape index (κ3) is 3.63. The van der Waals surface area contributed by atoms with Crippen LogP contribution in [-0.2, 0) is 6.54 Å². The maximum atomic E-state index is 13.2. The maximum absolute atomic E-state index is 13.2. The number of nitrogens with one attached hydrogen (secondary N) is 1. The average Bonchev–Trinajstić information content (AvgIpc) is 3.22. The minimum atomic E-state index is 0.133. The van der Waals surface area contributed by atoms with Gasteiger partial charge in [-0.25, -0.2) is 0 Å². The number of carbonyl (C=O) groups is 1. The molecule has 0 bridgehead atoms. The molecule has 3 heterocycles. The summed E-state index contributed by atoms with van der Waals surface area (Å²) in [6.07, 6.45) is 3.44. The van der Waals surface area contributed by atoms with Gasteiger partial charge in [0.25, 0.3) is 5.91 Å². The quantitative estimate of drug-likeness (QED) is 0.879. The van der Waals surface area contributed by atoms with E-state index in [2.05, 4.69) is 10.4 Å². The molecule has 2 aliphatic rings. The first-order chi connectivity index (χ1) is 13.0. The lowest BCUT2D eigenvalue weighted by Gasteiger charge is -2.38. The molecule has 5 nitrogen and oxygen atoms in total. The standard InChI is InChI=1S/C21H27ClN4O/c1-15-19(16(2)26(24-15)13-17-3-5-18(22)6-4-17)20(27)25-11-8-21(9-12-25)7-10-23-14-21/h3-6,23H,7-14H2,1-2H3. The summed E-state index contributed by atoms with van der Waals surface area (Å²) in [6, 6.07) is 7.77. The van der Waals surface area contributed by atoms with E-state index >= 15 is 0 Å². The maximum Gasteiger partial charge on any atom is 0.257 e. The zero-order chi connectivity index (χ0) is 19.0. The van der Waals surface area contributed by atoms with Crippen LogP contribution in [0.1, 0.15) is 46.6 Å². The van der Waals surface area contributed by atoms with Gasteiger partial charge in [-0.05, 0) is 62.8 Å². The van der Waals surface area contributed by atoms with Crippen molar-refractivity contribution in [3.63, 3.8) is 0 Å². The Labute approximate surface area is 165 Å². The molecule has 0 unspecified atom stereocenters. The number of likely N-dealkylation sites (tertiary alicyclic amines) is 1. The van der Waals surface area contributed by atoms with Crippen LogP contribution in [-0.4, -0.2) is 46.8 Å². The van der Waals surface area contributed by atoms with Crippen molar-refractivity contribution >= 4 is 17.5 Å². The van der Waals surface area contributed by atoms with E-state index in [1.54, 1.807) is 0 Å². The summed E-state index contributed by atoms with van der Waals surface area (Å²) in [5, 5.41) is 8.85. The van der Waals surface area contributed by atoms with Gasteiger partial charge in [0.2, 0.25) is 0 Å². The normalized spacial score (nSPS) is 19.0. The molecule has 0 atom stereocenters. The number of carbonyl (C=O) groups excluding carboxylic acids is 1. The minimum Gasteiger partial charge on any atom is -0.338 e. The smallest absolute Gasteiger partial charge is 0.257 e. The van der Waals surface area contributed by atoms with E-state index in [-0.39, 0.29) is 5.91 Å². The molecular formula is C21H27ClN4O. The van der Waals surface area contributed by atoms with Crippen molar-refractivity contribution in [2.45, 2.75) is 39.7 Å². The third-order valence-corrected chi connectivity index (χ3v) is 6.54. The fourth-order valence-electron chi connectivity index (χ4n) is 4.49. The third-order valence-electron chi connectivity index (χ3n) is 6.28. The Morgan fingerprint density at radius 2 is 1.89 bits per heavy atom. The molecular weight excluding hydrogens is 360 g/mol. The van der Waals surface area contributed by atoms with Gasteiger partial charge in [0.05, 0.1) is 17.8 Å². The molecule has 6 heteroatoms. The van der Waals surface area contributed by atoms with Crippen LogP contribution in [0.15, 0.2) is 24.3 Å². The molecule has 0 aliphatic carbocycles. The predicted octanol–water partition coefficient (Wildman–Crippen LogP) is 3.42. The first kappa shape index (κ1) is 18.5. The van der Waals surface area contributed by atoms with Gasteiger partial charge in [0.1, 0.15) is 0 Å². The summed E-state index contributed by atoms with van der Waals surface area (Å²) in [6.45, 7) is 8.49. The second kappa shape index (κ2) is 7.28. The minimum absolute atomic E-state index is 0.133. The summed E-state index contributed by atoms with van der Waals surface area (Å²) in [5.41, 5.74) is 4.06. The second-order valence-corrected chi connectivity index (χ2v) is 8.49. The number of rotatable bonds is 3. The summed E-state index contributed by atoms with van der Waals surface area (Å²) >= 11 is 5.97. The summed E-state index contributed by atoms with van der Waals surface area (Å²) in [5.74, 6) is 0.133. The van der Waals surface area contributed by atoms with Crippen LogP contribution < -0.4 is 5.32 Å². The molecule has 2 aliphatic heterocycles. The Morgan fingerprint density at radius 1 is 1.19 bits per heavy atom. The topological polar surface area (TPSA) is 50.2 Å². The van der Waals surface area contributed by atoms with E-state index in [0.717, 1.165) is 66.6 Å². The highest BCUT2D eigenvalue weighted by Crippen LogP contribution is 2.37. The summed E-state index contributed by atoms with van der Waals surface area (Å²) in [4.78, 5) is 15.2. The largest absolute Gasteiger partial charge is 0.338 e. The van der Waals surface area contributed by atoms with Crippen LogP contribution in [0, 0.1) is 19.3 Å². The highest BCUT2D eigenvalue weighted by atomic mass is 35.5. The first-order valence-electron chi connectivity index (χ1n) is 9.76. The number of amides is 1. The number of benzene rings is 1. The molecule has 2 saturated heterocycles. The van der Waals surface area contributed by atoms with Gasteiger partial charge in [0.15, 0.2) is 0 Å². The van der Waals surface area contributed by atoms with Crippen molar-refractivity contribution in [2.24, 2.45) is 5.41 Å². The van der Waals surface area contributed by atoms with Crippen LogP contribution in [0.2, 0.25) is 5.02 Å². The molecule has 0 saturated carbocycles. The summed E-state index contributed by atoms with van der Waals surface area (Å²) < 4.78 is 1.93. The Bertz CT molecular complexity index is 827. The zero-order valence-electron chi connectivity index (χ0n) is 16.1. The molecule has 1 N–H and O–H groups in total. The van der Waals surface area contributed by atoms with E-state index in [4.69, 9.17) is 11.6 Å². The van der Waals surface area contributed by atoms with E-state index in [9.17, 15) is 4.79 Å². The van der Waals surface area contributed by atoms with Crippen LogP contribution >= 0.6 is 11.6 Å². The van der Waals surface area contributed by atoms with Gasteiger partial charge >= 0.3 is 0 Å². The Hall–Kier alpha value is -1.85. The molecule has 1 aromatic heterocycles. The van der Waals surface area contributed by atoms with Gasteiger partial charge in [-0.15, -0.1) is 0 Å². The fraction of sp³-hybridized carbons (Fsp3) is 0.524. The number of piperidine rings is 1. The SMILES string of the molecule is Cc1nn(Cc2ccc(Cl)cc2)c(C)c1C(=O)N1CCC2(CCNC2)CC1. The van der Waals surface area contributed by atoms with Crippen molar-refractivity contribution < 1.29 is 4.79 Å².